The van der Waals surface area contributed by atoms with E-state index in [0.717, 1.165) is 23.5 Å². The third kappa shape index (κ3) is 6.71. The molecule has 0 atom stereocenters. The Morgan fingerprint density at radius 3 is 2.71 bits per heavy atom. The molecule has 1 amide bonds. The average Bonchev–Trinajstić information content (AvgIpc) is 2.46. The van der Waals surface area contributed by atoms with Crippen LogP contribution in [0, 0.1) is 0 Å². The number of hydrogen-bond donors (Lipinski definition) is 1. The van der Waals surface area contributed by atoms with Gasteiger partial charge in [0.2, 0.25) is 5.91 Å². The molecule has 4 nitrogen and oxygen atoms in total. The number of benzene rings is 1. The molecule has 118 valence electrons. The molecule has 0 saturated carbocycles. The number of methoxy groups -OCH3 is 1. The molecule has 1 rings (SSSR count). The Labute approximate surface area is 131 Å². The zero-order valence-electron chi connectivity index (χ0n) is 12.9. The fraction of sp³-hybridized carbons (Fsp3) is 0.562. The van der Waals surface area contributed by atoms with Crippen molar-refractivity contribution < 1.29 is 14.3 Å². The third-order valence-corrected chi connectivity index (χ3v) is 3.13. The second-order valence-electron chi connectivity index (χ2n) is 5.04. The normalized spacial score (nSPS) is 10.5. The van der Waals surface area contributed by atoms with Crippen LogP contribution in [0.2, 0.25) is 0 Å². The third-order valence-electron chi connectivity index (χ3n) is 2.86. The van der Waals surface area contributed by atoms with E-state index in [1.807, 2.05) is 32.0 Å². The van der Waals surface area contributed by atoms with Gasteiger partial charge >= 0.3 is 0 Å². The van der Waals surface area contributed by atoms with Crippen molar-refractivity contribution in [1.29, 1.82) is 0 Å². The molecule has 0 radical (unpaired) electrons. The highest BCUT2D eigenvalue weighted by molar-refractivity contribution is 6.17. The van der Waals surface area contributed by atoms with E-state index in [9.17, 15) is 4.79 Å². The largest absolute Gasteiger partial charge is 0.493 e. The van der Waals surface area contributed by atoms with E-state index in [1.165, 1.54) is 0 Å². The number of nitrogens with one attached hydrogen (secondary N) is 1. The number of carbonyl (C=O) groups excluding carboxylic acids is 1. The Bertz CT molecular complexity index is 449. The lowest BCUT2D eigenvalue weighted by Crippen LogP contribution is -2.25. The Morgan fingerprint density at radius 1 is 1.33 bits per heavy atom. The second-order valence-corrected chi connectivity index (χ2v) is 5.42. The van der Waals surface area contributed by atoms with E-state index in [1.54, 1.807) is 7.11 Å². The van der Waals surface area contributed by atoms with Crippen LogP contribution in [0.25, 0.3) is 0 Å². The van der Waals surface area contributed by atoms with Crippen molar-refractivity contribution in [3.8, 4) is 11.5 Å². The van der Waals surface area contributed by atoms with Crippen LogP contribution in [-0.2, 0) is 11.2 Å². The lowest BCUT2D eigenvalue weighted by molar-refractivity contribution is -0.121. The molecule has 1 aromatic rings. The van der Waals surface area contributed by atoms with Crippen LogP contribution in [0.15, 0.2) is 18.2 Å². The predicted octanol–water partition coefficient (Wildman–Crippen LogP) is 3.16. The first kappa shape index (κ1) is 17.6. The van der Waals surface area contributed by atoms with Gasteiger partial charge in [0.05, 0.1) is 13.2 Å². The van der Waals surface area contributed by atoms with E-state index in [-0.39, 0.29) is 12.0 Å². The highest BCUT2D eigenvalue weighted by atomic mass is 35.5. The molecule has 0 saturated heterocycles. The fourth-order valence-electron chi connectivity index (χ4n) is 1.88. The molecule has 5 heteroatoms. The number of amides is 1. The molecular weight excluding hydrogens is 290 g/mol. The van der Waals surface area contributed by atoms with E-state index in [4.69, 9.17) is 21.1 Å². The van der Waals surface area contributed by atoms with Gasteiger partial charge in [0.25, 0.3) is 0 Å². The van der Waals surface area contributed by atoms with Crippen molar-refractivity contribution in [2.45, 2.75) is 39.2 Å². The maximum atomic E-state index is 11.5. The standard InChI is InChI=1S/C16H24ClNO3/c1-12(2)21-14-7-6-13(11-15(14)20-3)8-10-18-16(19)5-4-9-17/h6-7,11-12H,4-5,8-10H2,1-3H3,(H,18,19). The van der Waals surface area contributed by atoms with Gasteiger partial charge in [-0.1, -0.05) is 6.07 Å². The topological polar surface area (TPSA) is 47.6 Å². The van der Waals surface area contributed by atoms with Crippen molar-refractivity contribution in [2.75, 3.05) is 19.5 Å². The van der Waals surface area contributed by atoms with Gasteiger partial charge in [-0.3, -0.25) is 4.79 Å². The average molecular weight is 314 g/mol. The van der Waals surface area contributed by atoms with Crippen molar-refractivity contribution in [1.82, 2.24) is 5.32 Å². The van der Waals surface area contributed by atoms with Crippen LogP contribution in [0.1, 0.15) is 32.3 Å². The molecule has 0 aromatic heterocycles. The van der Waals surface area contributed by atoms with Crippen molar-refractivity contribution in [3.63, 3.8) is 0 Å². The summed E-state index contributed by atoms with van der Waals surface area (Å²) in [5.74, 6) is 2.02. The highest BCUT2D eigenvalue weighted by Crippen LogP contribution is 2.29. The smallest absolute Gasteiger partial charge is 0.220 e. The van der Waals surface area contributed by atoms with E-state index in [0.29, 0.717) is 25.3 Å². The van der Waals surface area contributed by atoms with Crippen LogP contribution in [0.4, 0.5) is 0 Å². The number of rotatable bonds is 9. The van der Waals surface area contributed by atoms with Gasteiger partial charge in [-0.25, -0.2) is 0 Å². The van der Waals surface area contributed by atoms with Gasteiger partial charge in [-0.05, 0) is 44.4 Å². The highest BCUT2D eigenvalue weighted by Gasteiger charge is 2.08. The molecule has 1 aromatic carbocycles. The van der Waals surface area contributed by atoms with Gasteiger partial charge in [-0.2, -0.15) is 0 Å². The van der Waals surface area contributed by atoms with E-state index in [2.05, 4.69) is 5.32 Å². The van der Waals surface area contributed by atoms with Crippen LogP contribution in [0.3, 0.4) is 0 Å². The first-order valence-electron chi connectivity index (χ1n) is 7.23. The van der Waals surface area contributed by atoms with Gasteiger partial charge < -0.3 is 14.8 Å². The summed E-state index contributed by atoms with van der Waals surface area (Å²) in [5.41, 5.74) is 1.10. The summed E-state index contributed by atoms with van der Waals surface area (Å²) in [5, 5.41) is 2.88. The molecular formula is C16H24ClNO3. The number of halogens is 1. The minimum atomic E-state index is 0.0439. The fourth-order valence-corrected chi connectivity index (χ4v) is 2.01. The molecule has 0 heterocycles. The Kier molecular flexibility index (Phi) is 7.98. The minimum Gasteiger partial charge on any atom is -0.493 e. The molecule has 0 aliphatic rings. The molecule has 0 spiro atoms. The number of alkyl halides is 1. The Hall–Kier alpha value is -1.42. The summed E-state index contributed by atoms with van der Waals surface area (Å²) < 4.78 is 11.0. The zero-order valence-corrected chi connectivity index (χ0v) is 13.7. The summed E-state index contributed by atoms with van der Waals surface area (Å²) >= 11 is 5.55. The Balaban J connectivity index is 2.50. The van der Waals surface area contributed by atoms with Gasteiger partial charge in [0.15, 0.2) is 11.5 Å². The lowest BCUT2D eigenvalue weighted by atomic mass is 10.1. The van der Waals surface area contributed by atoms with Crippen LogP contribution in [0.5, 0.6) is 11.5 Å². The number of ether oxygens (including phenoxy) is 2. The lowest BCUT2D eigenvalue weighted by Gasteiger charge is -2.14. The minimum absolute atomic E-state index is 0.0439. The molecule has 0 aliphatic carbocycles. The van der Waals surface area contributed by atoms with Gasteiger partial charge in [0.1, 0.15) is 0 Å². The molecule has 0 bridgehead atoms. The molecule has 0 fully saturated rings. The summed E-state index contributed by atoms with van der Waals surface area (Å²) in [6.45, 7) is 4.56. The maximum absolute atomic E-state index is 11.5. The van der Waals surface area contributed by atoms with Crippen molar-refractivity contribution in [3.05, 3.63) is 23.8 Å². The molecule has 0 unspecified atom stereocenters. The van der Waals surface area contributed by atoms with E-state index < -0.39 is 0 Å². The number of carbonyl (C=O) groups is 1. The number of hydrogen-bond acceptors (Lipinski definition) is 3. The second kappa shape index (κ2) is 9.50. The van der Waals surface area contributed by atoms with Crippen LogP contribution >= 0.6 is 11.6 Å². The molecule has 1 N–H and O–H groups in total. The van der Waals surface area contributed by atoms with E-state index >= 15 is 0 Å². The summed E-state index contributed by atoms with van der Waals surface area (Å²) in [4.78, 5) is 11.5. The zero-order chi connectivity index (χ0) is 15.7. The summed E-state index contributed by atoms with van der Waals surface area (Å²) in [6.07, 6.45) is 2.05. The SMILES string of the molecule is COc1cc(CCNC(=O)CCCCl)ccc1OC(C)C. The monoisotopic (exact) mass is 313 g/mol. The predicted molar refractivity (Wildman–Crippen MR) is 85.4 cm³/mol. The van der Waals surface area contributed by atoms with Gasteiger partial charge in [-0.15, -0.1) is 11.6 Å². The quantitative estimate of drug-likeness (QED) is 0.712. The molecule has 0 aliphatic heterocycles. The van der Waals surface area contributed by atoms with Crippen molar-refractivity contribution in [2.24, 2.45) is 0 Å². The first-order chi connectivity index (χ1) is 10.1. The summed E-state index contributed by atoms with van der Waals surface area (Å²) in [6, 6.07) is 5.84. The molecule has 21 heavy (non-hydrogen) atoms. The summed E-state index contributed by atoms with van der Waals surface area (Å²) in [7, 11) is 1.63. The van der Waals surface area contributed by atoms with Crippen molar-refractivity contribution >= 4 is 17.5 Å². The maximum Gasteiger partial charge on any atom is 0.220 e. The Morgan fingerprint density at radius 2 is 2.10 bits per heavy atom. The van der Waals surface area contributed by atoms with Gasteiger partial charge in [0, 0.05) is 18.8 Å². The van der Waals surface area contributed by atoms with Crippen LogP contribution in [-0.4, -0.2) is 31.5 Å². The first-order valence-corrected chi connectivity index (χ1v) is 7.76. The van der Waals surface area contributed by atoms with Crippen LogP contribution < -0.4 is 14.8 Å².